The van der Waals surface area contributed by atoms with Crippen LogP contribution in [0.4, 0.5) is 10.5 Å². The van der Waals surface area contributed by atoms with Gasteiger partial charge in [-0.1, -0.05) is 53.5 Å². The second-order valence-corrected chi connectivity index (χ2v) is 8.67. The highest BCUT2D eigenvalue weighted by Gasteiger charge is 2.50. The van der Waals surface area contributed by atoms with Gasteiger partial charge in [-0.25, -0.2) is 4.79 Å². The van der Waals surface area contributed by atoms with Gasteiger partial charge in [-0.15, -0.1) is 5.06 Å². The zero-order valence-electron chi connectivity index (χ0n) is 18.4. The molecule has 8 heteroatoms. The number of ether oxygens (including phenoxy) is 1. The molecule has 1 aliphatic heterocycles. The quantitative estimate of drug-likeness (QED) is 0.430. The Morgan fingerprint density at radius 2 is 1.65 bits per heavy atom. The van der Waals surface area contributed by atoms with Crippen LogP contribution in [0.1, 0.15) is 37.7 Å². The Bertz CT molecular complexity index is 1180. The SMILES string of the molecule is O=C(Nc1ccccc1Oc1ccccc1)ON1C(c2ccc(Cl)cc2)=NOC12CCCCC2. The minimum absolute atomic E-state index is 0.433. The minimum atomic E-state index is -0.815. The summed E-state index contributed by atoms with van der Waals surface area (Å²) in [5.41, 5.74) is 0.413. The van der Waals surface area contributed by atoms with Crippen molar-refractivity contribution in [1.82, 2.24) is 5.06 Å². The summed E-state index contributed by atoms with van der Waals surface area (Å²) >= 11 is 6.05. The van der Waals surface area contributed by atoms with Gasteiger partial charge in [0.1, 0.15) is 5.75 Å². The Kier molecular flexibility index (Phi) is 6.27. The lowest BCUT2D eigenvalue weighted by Crippen LogP contribution is -2.51. The van der Waals surface area contributed by atoms with Crippen LogP contribution in [0.15, 0.2) is 84.0 Å². The van der Waals surface area contributed by atoms with Crippen LogP contribution in [0.3, 0.4) is 0 Å². The molecule has 2 aliphatic rings. The highest BCUT2D eigenvalue weighted by molar-refractivity contribution is 6.30. The van der Waals surface area contributed by atoms with Gasteiger partial charge < -0.3 is 14.4 Å². The minimum Gasteiger partial charge on any atom is -0.455 e. The van der Waals surface area contributed by atoms with Gasteiger partial charge in [-0.2, -0.15) is 0 Å². The first-order valence-corrected chi connectivity index (χ1v) is 11.6. The third kappa shape index (κ3) is 4.65. The van der Waals surface area contributed by atoms with Gasteiger partial charge in [0.05, 0.1) is 5.69 Å². The maximum atomic E-state index is 13.1. The maximum absolute atomic E-state index is 13.1. The summed E-state index contributed by atoms with van der Waals surface area (Å²) in [7, 11) is 0. The number of benzene rings is 3. The Morgan fingerprint density at radius 1 is 0.941 bits per heavy atom. The van der Waals surface area contributed by atoms with Crippen LogP contribution in [0.2, 0.25) is 5.02 Å². The van der Waals surface area contributed by atoms with Crippen LogP contribution in [0.25, 0.3) is 0 Å². The standard InChI is InChI=1S/C26H24ClN3O4/c27-20-15-13-19(14-16-20)24-29-34-26(17-7-2-8-18-26)30(24)33-25(31)28-22-11-5-6-12-23(22)32-21-9-3-1-4-10-21/h1,3-6,9-16H,2,7-8,17-18H2,(H,28,31). The second kappa shape index (κ2) is 9.65. The van der Waals surface area contributed by atoms with Crippen LogP contribution in [0.5, 0.6) is 11.5 Å². The molecule has 174 valence electrons. The summed E-state index contributed by atoms with van der Waals surface area (Å²) in [6.45, 7) is 0. The van der Waals surface area contributed by atoms with Crippen molar-refractivity contribution in [3.05, 3.63) is 89.4 Å². The number of amidine groups is 1. The number of nitrogens with one attached hydrogen (secondary N) is 1. The lowest BCUT2D eigenvalue weighted by molar-refractivity contribution is -0.224. The number of amides is 1. The fraction of sp³-hybridized carbons (Fsp3) is 0.231. The third-order valence-corrected chi connectivity index (χ3v) is 6.12. The first kappa shape index (κ1) is 22.1. The van der Waals surface area contributed by atoms with E-state index < -0.39 is 11.8 Å². The summed E-state index contributed by atoms with van der Waals surface area (Å²) in [5.74, 6) is 1.60. The molecule has 0 bridgehead atoms. The van der Waals surface area contributed by atoms with Crippen LogP contribution < -0.4 is 10.1 Å². The maximum Gasteiger partial charge on any atom is 0.436 e. The molecule has 34 heavy (non-hydrogen) atoms. The molecule has 0 unspecified atom stereocenters. The monoisotopic (exact) mass is 477 g/mol. The summed E-state index contributed by atoms with van der Waals surface area (Å²) in [6.07, 6.45) is 3.76. The van der Waals surface area contributed by atoms with Crippen molar-refractivity contribution in [1.29, 1.82) is 0 Å². The predicted octanol–water partition coefficient (Wildman–Crippen LogP) is 6.95. The predicted molar refractivity (Wildman–Crippen MR) is 130 cm³/mol. The molecule has 1 spiro atoms. The highest BCUT2D eigenvalue weighted by atomic mass is 35.5. The molecule has 3 aromatic carbocycles. The summed E-state index contributed by atoms with van der Waals surface area (Å²) in [5, 5.41) is 9.21. The Hall–Kier alpha value is -3.71. The van der Waals surface area contributed by atoms with Gasteiger partial charge in [-0.3, -0.25) is 5.32 Å². The van der Waals surface area contributed by atoms with E-state index in [0.717, 1.165) is 24.8 Å². The van der Waals surface area contributed by atoms with E-state index in [-0.39, 0.29) is 0 Å². The van der Waals surface area contributed by atoms with Gasteiger partial charge in [0.2, 0.25) is 11.6 Å². The van der Waals surface area contributed by atoms with Crippen LogP contribution in [-0.2, 0) is 9.68 Å². The summed E-state index contributed by atoms with van der Waals surface area (Å²) < 4.78 is 5.95. The molecule has 1 aliphatic carbocycles. The zero-order valence-corrected chi connectivity index (χ0v) is 19.2. The molecule has 5 rings (SSSR count). The van der Waals surface area contributed by atoms with Gasteiger partial charge >= 0.3 is 6.09 Å². The summed E-state index contributed by atoms with van der Waals surface area (Å²) in [4.78, 5) is 24.8. The topological polar surface area (TPSA) is 72.4 Å². The van der Waals surface area contributed by atoms with Gasteiger partial charge in [0, 0.05) is 23.4 Å². The normalized spacial score (nSPS) is 16.5. The summed E-state index contributed by atoms with van der Waals surface area (Å²) in [6, 6.07) is 23.7. The van der Waals surface area contributed by atoms with Crippen molar-refractivity contribution >= 4 is 29.2 Å². The second-order valence-electron chi connectivity index (χ2n) is 8.23. The highest BCUT2D eigenvalue weighted by Crippen LogP contribution is 2.40. The first-order valence-electron chi connectivity index (χ1n) is 11.3. The molecular formula is C26H24ClN3O4. The number of carbonyl (C=O) groups is 1. The molecule has 0 saturated heterocycles. The molecule has 0 atom stereocenters. The van der Waals surface area contributed by atoms with E-state index in [1.807, 2.05) is 54.6 Å². The number of oxime groups is 1. The van der Waals surface area contributed by atoms with E-state index in [1.54, 1.807) is 24.3 Å². The molecule has 0 radical (unpaired) electrons. The fourth-order valence-corrected chi connectivity index (χ4v) is 4.31. The molecule has 3 aromatic rings. The molecular weight excluding hydrogens is 454 g/mol. The number of hydroxylamine groups is 2. The number of nitrogens with zero attached hydrogens (tertiary/aromatic N) is 2. The van der Waals surface area contributed by atoms with Gasteiger partial charge in [-0.05, 0) is 61.4 Å². The van der Waals surface area contributed by atoms with E-state index in [1.165, 1.54) is 5.06 Å². The van der Waals surface area contributed by atoms with Crippen molar-refractivity contribution in [2.45, 2.75) is 37.8 Å². The number of para-hydroxylation sites is 3. The first-order chi connectivity index (χ1) is 16.6. The fourth-order valence-electron chi connectivity index (χ4n) is 4.18. The van der Waals surface area contributed by atoms with Crippen molar-refractivity contribution < 1.29 is 19.2 Å². The molecule has 1 N–H and O–H groups in total. The molecule has 1 fully saturated rings. The molecule has 0 aromatic heterocycles. The van der Waals surface area contributed by atoms with Gasteiger partial charge in [0.25, 0.3) is 0 Å². The van der Waals surface area contributed by atoms with Crippen molar-refractivity contribution in [3.63, 3.8) is 0 Å². The van der Waals surface area contributed by atoms with Crippen molar-refractivity contribution in [3.8, 4) is 11.5 Å². The average Bonchev–Trinajstić information content (AvgIpc) is 3.18. The number of halogens is 1. The Labute approximate surface area is 202 Å². The lowest BCUT2D eigenvalue weighted by Gasteiger charge is -2.37. The van der Waals surface area contributed by atoms with Crippen LogP contribution >= 0.6 is 11.6 Å². The van der Waals surface area contributed by atoms with Crippen molar-refractivity contribution in [2.75, 3.05) is 5.32 Å². The van der Waals surface area contributed by atoms with E-state index in [9.17, 15) is 4.79 Å². The Balaban J connectivity index is 1.36. The number of hydrogen-bond acceptors (Lipinski definition) is 6. The van der Waals surface area contributed by atoms with E-state index >= 15 is 0 Å². The molecule has 7 nitrogen and oxygen atoms in total. The number of rotatable bonds is 5. The lowest BCUT2D eigenvalue weighted by atomic mass is 9.91. The average molecular weight is 478 g/mol. The molecule has 1 heterocycles. The largest absolute Gasteiger partial charge is 0.455 e. The van der Waals surface area contributed by atoms with E-state index in [2.05, 4.69) is 10.5 Å². The van der Waals surface area contributed by atoms with Crippen LogP contribution in [0, 0.1) is 0 Å². The number of anilines is 1. The van der Waals surface area contributed by atoms with Crippen molar-refractivity contribution in [2.24, 2.45) is 5.16 Å². The van der Waals surface area contributed by atoms with Gasteiger partial charge in [0.15, 0.2) is 5.75 Å². The van der Waals surface area contributed by atoms with E-state index in [0.29, 0.717) is 40.9 Å². The molecule has 1 saturated carbocycles. The smallest absolute Gasteiger partial charge is 0.436 e. The van der Waals surface area contributed by atoms with Crippen LogP contribution in [-0.4, -0.2) is 22.7 Å². The zero-order chi connectivity index (χ0) is 23.4. The third-order valence-electron chi connectivity index (χ3n) is 5.87. The number of carbonyl (C=O) groups excluding carboxylic acids is 1. The Morgan fingerprint density at radius 3 is 2.41 bits per heavy atom. The van der Waals surface area contributed by atoms with E-state index in [4.69, 9.17) is 26.0 Å². The number of hydrogen-bond donors (Lipinski definition) is 1. The molecule has 1 amide bonds.